The van der Waals surface area contributed by atoms with E-state index >= 15 is 0 Å². The molecule has 3 aromatic rings. The van der Waals surface area contributed by atoms with Crippen LogP contribution in [0.4, 0.5) is 17.2 Å². The first-order valence-electron chi connectivity index (χ1n) is 7.29. The second-order valence-electron chi connectivity index (χ2n) is 5.23. The first-order valence-corrected chi connectivity index (χ1v) is 7.29. The highest BCUT2D eigenvalue weighted by atomic mass is 16.1. The van der Waals surface area contributed by atoms with Crippen LogP contribution in [-0.4, -0.2) is 16.4 Å². The number of hydrogen-bond acceptors (Lipinski definition) is 3. The van der Waals surface area contributed by atoms with Crippen molar-refractivity contribution >= 4 is 35.1 Å². The van der Waals surface area contributed by atoms with Gasteiger partial charge < -0.3 is 5.32 Å². The smallest absolute Gasteiger partial charge is 0.273 e. The molecule has 0 fully saturated rings. The molecule has 0 unspecified atom stereocenters. The van der Waals surface area contributed by atoms with Crippen molar-refractivity contribution in [1.29, 1.82) is 0 Å². The lowest BCUT2D eigenvalue weighted by Crippen LogP contribution is -2.03. The molecule has 2 aromatic carbocycles. The molecule has 0 radical (unpaired) electrons. The van der Waals surface area contributed by atoms with Gasteiger partial charge in [0.1, 0.15) is 5.82 Å². The van der Waals surface area contributed by atoms with E-state index in [-0.39, 0.29) is 5.56 Å². The van der Waals surface area contributed by atoms with Crippen molar-refractivity contribution in [3.05, 3.63) is 76.1 Å². The third-order valence-electron chi connectivity index (χ3n) is 3.72. The predicted molar refractivity (Wildman–Crippen MR) is 93.6 cm³/mol. The van der Waals surface area contributed by atoms with Crippen LogP contribution in [0.5, 0.6) is 0 Å². The summed E-state index contributed by atoms with van der Waals surface area (Å²) in [6.45, 7) is 0. The number of allylic oxidation sites excluding steroid dienone is 1. The van der Waals surface area contributed by atoms with E-state index < -0.39 is 0 Å². The number of hydrogen-bond donors (Lipinski definition) is 3. The Kier molecular flexibility index (Phi) is 3.16. The Morgan fingerprint density at radius 2 is 1.74 bits per heavy atom. The van der Waals surface area contributed by atoms with Crippen molar-refractivity contribution in [3.63, 3.8) is 0 Å². The van der Waals surface area contributed by atoms with Gasteiger partial charge in [-0.2, -0.15) is 0 Å². The van der Waals surface area contributed by atoms with Gasteiger partial charge in [0.2, 0.25) is 0 Å². The van der Waals surface area contributed by atoms with Gasteiger partial charge in [-0.25, -0.2) is 0 Å². The largest absolute Gasteiger partial charge is 0.340 e. The number of H-pyrrole nitrogens is 2. The third-order valence-corrected chi connectivity index (χ3v) is 3.72. The quantitative estimate of drug-likeness (QED) is 0.690. The molecule has 1 aliphatic heterocycles. The molecule has 0 spiro atoms. The van der Waals surface area contributed by atoms with E-state index in [1.165, 1.54) is 0 Å². The Balaban J connectivity index is 1.74. The normalized spacial score (nSPS) is 14.2. The fourth-order valence-electron chi connectivity index (χ4n) is 2.58. The summed E-state index contributed by atoms with van der Waals surface area (Å²) in [5.41, 5.74) is 4.15. The van der Waals surface area contributed by atoms with E-state index in [2.05, 4.69) is 20.5 Å². The number of nitrogens with zero attached hydrogens (tertiary/aromatic N) is 1. The second-order valence-corrected chi connectivity index (χ2v) is 5.23. The maximum absolute atomic E-state index is 12.1. The van der Waals surface area contributed by atoms with Crippen LogP contribution in [0.1, 0.15) is 11.1 Å². The van der Waals surface area contributed by atoms with E-state index in [0.29, 0.717) is 11.4 Å². The number of aromatic nitrogens is 2. The fourth-order valence-corrected chi connectivity index (χ4v) is 2.58. The van der Waals surface area contributed by atoms with Gasteiger partial charge in [-0.1, -0.05) is 36.4 Å². The maximum atomic E-state index is 12.1. The molecule has 1 aromatic heterocycles. The summed E-state index contributed by atoms with van der Waals surface area (Å²) in [4.78, 5) is 16.5. The molecule has 0 amide bonds. The number of aliphatic imine (C=N–C) groups is 1. The zero-order valence-corrected chi connectivity index (χ0v) is 12.2. The van der Waals surface area contributed by atoms with Gasteiger partial charge in [-0.3, -0.25) is 20.0 Å². The minimum Gasteiger partial charge on any atom is -0.340 e. The highest BCUT2D eigenvalue weighted by Gasteiger charge is 2.14. The van der Waals surface area contributed by atoms with Gasteiger partial charge >= 0.3 is 0 Å². The molecule has 5 nitrogen and oxygen atoms in total. The Hall–Kier alpha value is -3.34. The van der Waals surface area contributed by atoms with Gasteiger partial charge in [-0.05, 0) is 24.3 Å². The Bertz CT molecular complexity index is 964. The van der Waals surface area contributed by atoms with Gasteiger partial charge in [0.25, 0.3) is 5.56 Å². The molecule has 4 rings (SSSR count). The van der Waals surface area contributed by atoms with Crippen LogP contribution in [-0.2, 0) is 0 Å². The monoisotopic (exact) mass is 302 g/mol. The van der Waals surface area contributed by atoms with Crippen molar-refractivity contribution in [2.45, 2.75) is 0 Å². The van der Waals surface area contributed by atoms with E-state index in [1.54, 1.807) is 6.21 Å². The molecule has 0 aliphatic carbocycles. The standard InChI is InChI=1S/C18H14N4O/c23-18-15(10-12-11-19-16-9-5-4-8-14(12)16)17(21-22-18)20-13-6-2-1-3-7-13/h1-11H,(H3,20,21,22,23). The number of para-hydroxylation sites is 2. The summed E-state index contributed by atoms with van der Waals surface area (Å²) in [5, 5.41) is 8.72. The Morgan fingerprint density at radius 1 is 0.957 bits per heavy atom. The van der Waals surface area contributed by atoms with Crippen molar-refractivity contribution in [2.24, 2.45) is 4.99 Å². The summed E-state index contributed by atoms with van der Waals surface area (Å²) in [5.74, 6) is 0.631. The average molecular weight is 302 g/mol. The van der Waals surface area contributed by atoms with E-state index in [1.807, 2.05) is 60.7 Å². The van der Waals surface area contributed by atoms with Crippen LogP contribution < -0.4 is 10.9 Å². The summed E-state index contributed by atoms with van der Waals surface area (Å²) in [6, 6.07) is 17.6. The third kappa shape index (κ3) is 2.48. The number of rotatable bonds is 3. The summed E-state index contributed by atoms with van der Waals surface area (Å²) >= 11 is 0. The topological polar surface area (TPSA) is 73.0 Å². The zero-order chi connectivity index (χ0) is 15.6. The lowest BCUT2D eigenvalue weighted by Gasteiger charge is -2.04. The second kappa shape index (κ2) is 5.46. The van der Waals surface area contributed by atoms with Crippen LogP contribution in [0.3, 0.4) is 0 Å². The molecule has 0 bridgehead atoms. The SMILES string of the molecule is O=c1[nH][nH]c(Nc2ccccc2)c1C=C1C=Nc2ccccc21. The Labute approximate surface area is 132 Å². The predicted octanol–water partition coefficient (Wildman–Crippen LogP) is 3.70. The summed E-state index contributed by atoms with van der Waals surface area (Å²) in [7, 11) is 0. The van der Waals surface area contributed by atoms with Crippen molar-refractivity contribution in [1.82, 2.24) is 10.2 Å². The summed E-state index contributed by atoms with van der Waals surface area (Å²) in [6.07, 6.45) is 3.62. The van der Waals surface area contributed by atoms with E-state index in [0.717, 1.165) is 22.5 Å². The van der Waals surface area contributed by atoms with Gasteiger partial charge in [0.05, 0.1) is 11.3 Å². The zero-order valence-electron chi connectivity index (χ0n) is 12.2. The molecule has 2 heterocycles. The number of benzene rings is 2. The molecular weight excluding hydrogens is 288 g/mol. The lowest BCUT2D eigenvalue weighted by atomic mass is 10.1. The van der Waals surface area contributed by atoms with Crippen LogP contribution in [0.2, 0.25) is 0 Å². The van der Waals surface area contributed by atoms with Crippen LogP contribution in [0.25, 0.3) is 11.6 Å². The molecule has 0 saturated carbocycles. The number of aromatic amines is 2. The Morgan fingerprint density at radius 3 is 2.61 bits per heavy atom. The average Bonchev–Trinajstić information content (AvgIpc) is 3.15. The molecule has 23 heavy (non-hydrogen) atoms. The number of nitrogens with one attached hydrogen (secondary N) is 3. The van der Waals surface area contributed by atoms with Gasteiger partial charge in [-0.15, -0.1) is 0 Å². The first kappa shape index (κ1) is 13.3. The molecule has 1 aliphatic rings. The molecule has 112 valence electrons. The minimum atomic E-state index is -0.172. The highest BCUT2D eigenvalue weighted by Crippen LogP contribution is 2.32. The highest BCUT2D eigenvalue weighted by molar-refractivity contribution is 6.21. The molecule has 3 N–H and O–H groups in total. The number of anilines is 2. The van der Waals surface area contributed by atoms with Crippen LogP contribution >= 0.6 is 0 Å². The van der Waals surface area contributed by atoms with Crippen LogP contribution in [0.15, 0.2) is 64.4 Å². The van der Waals surface area contributed by atoms with Crippen LogP contribution in [0, 0.1) is 0 Å². The first-order chi connectivity index (χ1) is 11.3. The van der Waals surface area contributed by atoms with Gasteiger partial charge in [0, 0.05) is 23.0 Å². The van der Waals surface area contributed by atoms with E-state index in [4.69, 9.17) is 0 Å². The molecule has 5 heteroatoms. The lowest BCUT2D eigenvalue weighted by molar-refractivity contribution is 1.06. The van der Waals surface area contributed by atoms with E-state index in [9.17, 15) is 4.79 Å². The molecule has 0 saturated heterocycles. The van der Waals surface area contributed by atoms with Gasteiger partial charge in [0.15, 0.2) is 0 Å². The van der Waals surface area contributed by atoms with Crippen molar-refractivity contribution in [3.8, 4) is 0 Å². The fraction of sp³-hybridized carbons (Fsp3) is 0. The van der Waals surface area contributed by atoms with Crippen molar-refractivity contribution < 1.29 is 0 Å². The maximum Gasteiger partial charge on any atom is 0.273 e. The van der Waals surface area contributed by atoms with Crippen molar-refractivity contribution in [2.75, 3.05) is 5.32 Å². The summed E-state index contributed by atoms with van der Waals surface area (Å²) < 4.78 is 0. The number of fused-ring (bicyclic) bond motifs is 1. The molecule has 0 atom stereocenters. The molecular formula is C18H14N4O. The minimum absolute atomic E-state index is 0.172.